The fourth-order valence-corrected chi connectivity index (χ4v) is 4.00. The number of hydrogen-bond donors (Lipinski definition) is 1. The SMILES string of the molecule is CCOC(=O)CN1CCCN2CCN(CCC[NH+](CC(=O)OCC)CC2)CC1. The van der Waals surface area contributed by atoms with E-state index in [1.807, 2.05) is 13.8 Å². The van der Waals surface area contributed by atoms with Crippen LogP contribution in [0.2, 0.25) is 0 Å². The lowest BCUT2D eigenvalue weighted by Crippen LogP contribution is -3.13. The molecule has 3 atom stereocenters. The van der Waals surface area contributed by atoms with Gasteiger partial charge in [0.05, 0.1) is 32.8 Å². The third kappa shape index (κ3) is 8.86. The zero-order valence-corrected chi connectivity index (χ0v) is 17.8. The summed E-state index contributed by atoms with van der Waals surface area (Å²) in [4.78, 5) is 32.4. The van der Waals surface area contributed by atoms with Crippen molar-refractivity contribution in [1.82, 2.24) is 14.7 Å². The monoisotopic (exact) mass is 399 g/mol. The van der Waals surface area contributed by atoms with E-state index in [1.165, 1.54) is 4.90 Å². The maximum absolute atomic E-state index is 11.9. The molecule has 0 aromatic rings. The lowest BCUT2D eigenvalue weighted by Gasteiger charge is -2.34. The second-order valence-corrected chi connectivity index (χ2v) is 7.70. The van der Waals surface area contributed by atoms with E-state index in [0.29, 0.717) is 26.3 Å². The number of nitrogens with zero attached hydrogens (tertiary/aromatic N) is 3. The van der Waals surface area contributed by atoms with E-state index in [-0.39, 0.29) is 11.9 Å². The van der Waals surface area contributed by atoms with E-state index in [0.717, 1.165) is 78.3 Å². The summed E-state index contributed by atoms with van der Waals surface area (Å²) in [5.41, 5.74) is 0. The minimum Gasteiger partial charge on any atom is -0.465 e. The quantitative estimate of drug-likeness (QED) is 0.558. The molecule has 2 rings (SSSR count). The van der Waals surface area contributed by atoms with Gasteiger partial charge in [0.25, 0.3) is 0 Å². The number of fused-ring (bicyclic) bond motifs is 3. The fraction of sp³-hybridized carbons (Fsp3) is 0.900. The predicted octanol–water partition coefficient (Wildman–Crippen LogP) is -1.29. The van der Waals surface area contributed by atoms with Gasteiger partial charge < -0.3 is 19.3 Å². The maximum atomic E-state index is 11.9. The fourth-order valence-electron chi connectivity index (χ4n) is 4.00. The zero-order valence-electron chi connectivity index (χ0n) is 17.8. The van der Waals surface area contributed by atoms with Crippen LogP contribution in [0.5, 0.6) is 0 Å². The van der Waals surface area contributed by atoms with E-state index >= 15 is 0 Å². The second kappa shape index (κ2) is 13.1. The third-order valence-electron chi connectivity index (χ3n) is 5.56. The molecule has 2 saturated heterocycles. The van der Waals surface area contributed by atoms with Crippen molar-refractivity contribution in [2.24, 2.45) is 0 Å². The highest BCUT2D eigenvalue weighted by molar-refractivity contribution is 5.71. The van der Waals surface area contributed by atoms with Crippen LogP contribution in [0.3, 0.4) is 0 Å². The molecule has 0 aromatic carbocycles. The summed E-state index contributed by atoms with van der Waals surface area (Å²) in [6, 6.07) is 0. The van der Waals surface area contributed by atoms with Crippen LogP contribution >= 0.6 is 0 Å². The molecule has 0 saturated carbocycles. The van der Waals surface area contributed by atoms with E-state index < -0.39 is 0 Å². The van der Waals surface area contributed by atoms with Gasteiger partial charge in [0.1, 0.15) is 0 Å². The van der Waals surface area contributed by atoms with Crippen molar-refractivity contribution < 1.29 is 24.0 Å². The normalized spacial score (nSPS) is 27.7. The molecule has 0 spiro atoms. The number of nitrogens with one attached hydrogen (secondary N) is 1. The lowest BCUT2D eigenvalue weighted by molar-refractivity contribution is -0.892. The Kier molecular flexibility index (Phi) is 10.8. The molecular formula is C20H39N4O4+. The molecule has 2 bridgehead atoms. The summed E-state index contributed by atoms with van der Waals surface area (Å²) in [5.74, 6) is -0.212. The van der Waals surface area contributed by atoms with Crippen LogP contribution in [0.25, 0.3) is 0 Å². The van der Waals surface area contributed by atoms with Gasteiger partial charge in [-0.1, -0.05) is 0 Å². The summed E-state index contributed by atoms with van der Waals surface area (Å²) in [5, 5.41) is 0. The van der Waals surface area contributed by atoms with Gasteiger partial charge in [-0.3, -0.25) is 14.6 Å². The van der Waals surface area contributed by atoms with Gasteiger partial charge in [0.2, 0.25) is 0 Å². The molecule has 0 aliphatic carbocycles. The lowest BCUT2D eigenvalue weighted by atomic mass is 10.2. The molecule has 28 heavy (non-hydrogen) atoms. The first-order chi connectivity index (χ1) is 13.6. The van der Waals surface area contributed by atoms with Crippen molar-refractivity contribution in [2.75, 3.05) is 91.8 Å². The molecule has 2 fully saturated rings. The number of hydrogen-bond acceptors (Lipinski definition) is 7. The minimum absolute atomic E-state index is 0.0892. The highest BCUT2D eigenvalue weighted by Crippen LogP contribution is 2.03. The Morgan fingerprint density at radius 3 is 2.14 bits per heavy atom. The van der Waals surface area contributed by atoms with E-state index in [1.54, 1.807) is 0 Å². The first kappa shape index (κ1) is 23.1. The minimum atomic E-state index is -0.123. The first-order valence-electron chi connectivity index (χ1n) is 10.9. The Morgan fingerprint density at radius 1 is 0.750 bits per heavy atom. The maximum Gasteiger partial charge on any atom is 0.361 e. The number of carbonyl (C=O) groups excluding carboxylic acids is 2. The number of quaternary nitrogens is 1. The topological polar surface area (TPSA) is 66.8 Å². The number of ether oxygens (including phenoxy) is 2. The summed E-state index contributed by atoms with van der Waals surface area (Å²) < 4.78 is 10.3. The summed E-state index contributed by atoms with van der Waals surface area (Å²) >= 11 is 0. The van der Waals surface area contributed by atoms with E-state index in [4.69, 9.17) is 9.47 Å². The molecule has 0 aromatic heterocycles. The summed E-state index contributed by atoms with van der Waals surface area (Å²) in [6.45, 7) is 15.4. The van der Waals surface area contributed by atoms with E-state index in [9.17, 15) is 9.59 Å². The van der Waals surface area contributed by atoms with Gasteiger partial charge in [-0.15, -0.1) is 0 Å². The Morgan fingerprint density at radius 2 is 1.39 bits per heavy atom. The molecule has 2 aliphatic heterocycles. The molecule has 0 radical (unpaired) electrons. The molecule has 0 amide bonds. The van der Waals surface area contributed by atoms with Crippen molar-refractivity contribution in [1.29, 1.82) is 0 Å². The van der Waals surface area contributed by atoms with Crippen molar-refractivity contribution >= 4 is 11.9 Å². The van der Waals surface area contributed by atoms with Crippen LogP contribution in [0.15, 0.2) is 0 Å². The van der Waals surface area contributed by atoms with Crippen LogP contribution in [-0.4, -0.2) is 118 Å². The molecular weight excluding hydrogens is 360 g/mol. The predicted molar refractivity (Wildman–Crippen MR) is 107 cm³/mol. The number of rotatable bonds is 6. The largest absolute Gasteiger partial charge is 0.465 e. The van der Waals surface area contributed by atoms with Crippen molar-refractivity contribution in [3.05, 3.63) is 0 Å². The van der Waals surface area contributed by atoms with Crippen molar-refractivity contribution in [2.45, 2.75) is 26.7 Å². The van der Waals surface area contributed by atoms with Crippen molar-refractivity contribution in [3.63, 3.8) is 0 Å². The molecule has 8 heteroatoms. The Labute approximate surface area is 169 Å². The molecule has 8 nitrogen and oxygen atoms in total. The van der Waals surface area contributed by atoms with Gasteiger partial charge in [-0.05, 0) is 26.8 Å². The summed E-state index contributed by atoms with van der Waals surface area (Å²) in [7, 11) is 0. The molecule has 3 unspecified atom stereocenters. The molecule has 162 valence electrons. The van der Waals surface area contributed by atoms with Gasteiger partial charge in [0.15, 0.2) is 6.54 Å². The van der Waals surface area contributed by atoms with Gasteiger partial charge in [0, 0.05) is 52.2 Å². The third-order valence-corrected chi connectivity index (χ3v) is 5.56. The van der Waals surface area contributed by atoms with Crippen LogP contribution in [0.1, 0.15) is 26.7 Å². The number of carbonyl (C=O) groups is 2. The van der Waals surface area contributed by atoms with E-state index in [2.05, 4.69) is 14.7 Å². The second-order valence-electron chi connectivity index (χ2n) is 7.70. The Balaban J connectivity index is 1.92. The average molecular weight is 400 g/mol. The van der Waals surface area contributed by atoms with Gasteiger partial charge in [-0.2, -0.15) is 0 Å². The zero-order chi connectivity index (χ0) is 20.2. The van der Waals surface area contributed by atoms with Crippen LogP contribution in [-0.2, 0) is 19.1 Å². The van der Waals surface area contributed by atoms with Crippen LogP contribution in [0.4, 0.5) is 0 Å². The van der Waals surface area contributed by atoms with Gasteiger partial charge >= 0.3 is 11.9 Å². The highest BCUT2D eigenvalue weighted by atomic mass is 16.5. The Hall–Kier alpha value is -1.22. The smallest absolute Gasteiger partial charge is 0.361 e. The highest BCUT2D eigenvalue weighted by Gasteiger charge is 2.22. The standard InChI is InChI=1S/C20H38N4O4/c1-3-27-19(25)17-23-9-5-7-22-12-11-21(13-15-23)8-6-10-24(16-14-22)18-20(26)28-4-2/h3-18H2,1-2H3/p+1. The number of esters is 2. The molecule has 1 N–H and O–H groups in total. The van der Waals surface area contributed by atoms with Crippen molar-refractivity contribution in [3.8, 4) is 0 Å². The first-order valence-corrected chi connectivity index (χ1v) is 10.9. The average Bonchev–Trinajstić information content (AvgIpc) is 2.66. The molecule has 2 aliphatic rings. The molecule has 2 heterocycles. The van der Waals surface area contributed by atoms with Gasteiger partial charge in [-0.25, -0.2) is 4.79 Å². The summed E-state index contributed by atoms with van der Waals surface area (Å²) in [6.07, 6.45) is 2.12. The Bertz CT molecular complexity index is 435. The van der Waals surface area contributed by atoms with Crippen LogP contribution < -0.4 is 4.90 Å². The van der Waals surface area contributed by atoms with Crippen LogP contribution in [0, 0.1) is 0 Å².